The van der Waals surface area contributed by atoms with E-state index in [9.17, 15) is 0 Å². The third-order valence-electron chi connectivity index (χ3n) is 4.21. The van der Waals surface area contributed by atoms with Crippen LogP contribution in [0.3, 0.4) is 0 Å². The smallest absolute Gasteiger partial charge is 0.122 e. The quantitative estimate of drug-likeness (QED) is 0.734. The summed E-state index contributed by atoms with van der Waals surface area (Å²) >= 11 is 0. The van der Waals surface area contributed by atoms with E-state index in [0.29, 0.717) is 6.04 Å². The van der Waals surface area contributed by atoms with Crippen LogP contribution in [0.4, 0.5) is 0 Å². The Morgan fingerprint density at radius 3 is 2.35 bits per heavy atom. The highest BCUT2D eigenvalue weighted by atomic mass is 16.3. The molecule has 116 valence electrons. The van der Waals surface area contributed by atoms with Crippen molar-refractivity contribution in [2.45, 2.75) is 78.4 Å². The Morgan fingerprint density at radius 1 is 1.20 bits per heavy atom. The van der Waals surface area contributed by atoms with Gasteiger partial charge in [-0.25, -0.2) is 0 Å². The van der Waals surface area contributed by atoms with Gasteiger partial charge in [-0.2, -0.15) is 0 Å². The Kier molecular flexibility index (Phi) is 7.31. The third-order valence-corrected chi connectivity index (χ3v) is 4.21. The topological polar surface area (TPSA) is 42.4 Å². The van der Waals surface area contributed by atoms with Crippen LogP contribution in [0.1, 0.15) is 70.9 Å². The summed E-state index contributed by atoms with van der Waals surface area (Å²) in [5, 5.41) is 0. The molecule has 2 N–H and O–H groups in total. The zero-order chi connectivity index (χ0) is 15.1. The van der Waals surface area contributed by atoms with Crippen molar-refractivity contribution in [1.29, 1.82) is 0 Å². The zero-order valence-electron chi connectivity index (χ0n) is 13.9. The van der Waals surface area contributed by atoms with Crippen LogP contribution < -0.4 is 5.73 Å². The van der Waals surface area contributed by atoms with Gasteiger partial charge >= 0.3 is 0 Å². The molecule has 0 spiro atoms. The lowest BCUT2D eigenvalue weighted by atomic mass is 9.99. The van der Waals surface area contributed by atoms with Gasteiger partial charge in [0.05, 0.1) is 6.04 Å². The Balaban J connectivity index is 3.03. The van der Waals surface area contributed by atoms with Gasteiger partial charge in [-0.05, 0) is 51.8 Å². The average molecular weight is 280 g/mol. The minimum atomic E-state index is 0.117. The second-order valence-corrected chi connectivity index (χ2v) is 5.81. The summed E-state index contributed by atoms with van der Waals surface area (Å²) in [6, 6.07) is 4.96. The third kappa shape index (κ3) is 4.35. The molecule has 0 saturated heterocycles. The van der Waals surface area contributed by atoms with Crippen LogP contribution in [0.25, 0.3) is 0 Å². The standard InChI is InChI=1S/C17H32N2O/c1-6-9-12-19(13(4)7-2)17(15(18)8-3)16-11-10-14(5)20-16/h10-11,13,15,17H,6-9,12,18H2,1-5H3. The molecule has 0 aliphatic rings. The van der Waals surface area contributed by atoms with Crippen LogP contribution in [-0.4, -0.2) is 23.5 Å². The van der Waals surface area contributed by atoms with Crippen LogP contribution in [0, 0.1) is 6.92 Å². The van der Waals surface area contributed by atoms with Gasteiger partial charge in [0.1, 0.15) is 11.5 Å². The summed E-state index contributed by atoms with van der Waals surface area (Å²) in [5.74, 6) is 1.99. The molecule has 0 bridgehead atoms. The van der Waals surface area contributed by atoms with Crippen LogP contribution in [0.5, 0.6) is 0 Å². The van der Waals surface area contributed by atoms with Crippen molar-refractivity contribution in [1.82, 2.24) is 4.90 Å². The van der Waals surface area contributed by atoms with Gasteiger partial charge in [0.25, 0.3) is 0 Å². The fourth-order valence-corrected chi connectivity index (χ4v) is 2.66. The van der Waals surface area contributed by atoms with E-state index in [1.54, 1.807) is 0 Å². The Morgan fingerprint density at radius 2 is 1.90 bits per heavy atom. The van der Waals surface area contributed by atoms with Gasteiger partial charge in [0, 0.05) is 12.1 Å². The van der Waals surface area contributed by atoms with Crippen LogP contribution in [0.2, 0.25) is 0 Å². The molecule has 0 aliphatic heterocycles. The predicted octanol–water partition coefficient (Wildman–Crippen LogP) is 4.27. The fraction of sp³-hybridized carbons (Fsp3) is 0.765. The molecule has 0 radical (unpaired) electrons. The zero-order valence-corrected chi connectivity index (χ0v) is 13.9. The average Bonchev–Trinajstić information content (AvgIpc) is 2.87. The summed E-state index contributed by atoms with van der Waals surface area (Å²) in [5.41, 5.74) is 6.42. The minimum Gasteiger partial charge on any atom is -0.465 e. The van der Waals surface area contributed by atoms with Crippen molar-refractivity contribution in [2.24, 2.45) is 5.73 Å². The molecular weight excluding hydrogens is 248 g/mol. The van der Waals surface area contributed by atoms with Gasteiger partial charge in [0.2, 0.25) is 0 Å². The molecule has 0 aliphatic carbocycles. The molecule has 1 heterocycles. The maximum atomic E-state index is 6.42. The molecule has 1 aromatic rings. The van der Waals surface area contributed by atoms with Crippen LogP contribution in [-0.2, 0) is 0 Å². The largest absolute Gasteiger partial charge is 0.465 e. The lowest BCUT2D eigenvalue weighted by Crippen LogP contribution is -2.45. The van der Waals surface area contributed by atoms with E-state index in [4.69, 9.17) is 10.2 Å². The van der Waals surface area contributed by atoms with E-state index in [0.717, 1.165) is 30.9 Å². The Labute approximate surface area is 124 Å². The van der Waals surface area contributed by atoms with Crippen molar-refractivity contribution in [2.75, 3.05) is 6.54 Å². The predicted molar refractivity (Wildman–Crippen MR) is 85.8 cm³/mol. The molecule has 0 aromatic carbocycles. The van der Waals surface area contributed by atoms with Gasteiger partial charge < -0.3 is 10.2 Å². The number of furan rings is 1. The van der Waals surface area contributed by atoms with E-state index < -0.39 is 0 Å². The highest BCUT2D eigenvalue weighted by Gasteiger charge is 2.30. The molecule has 0 amide bonds. The maximum Gasteiger partial charge on any atom is 0.122 e. The number of hydrogen-bond donors (Lipinski definition) is 1. The van der Waals surface area contributed by atoms with Crippen molar-refractivity contribution in [3.63, 3.8) is 0 Å². The van der Waals surface area contributed by atoms with E-state index in [1.165, 1.54) is 12.8 Å². The van der Waals surface area contributed by atoms with Gasteiger partial charge in [-0.15, -0.1) is 0 Å². The summed E-state index contributed by atoms with van der Waals surface area (Å²) in [7, 11) is 0. The van der Waals surface area contributed by atoms with Crippen molar-refractivity contribution >= 4 is 0 Å². The van der Waals surface area contributed by atoms with Crippen LogP contribution >= 0.6 is 0 Å². The first kappa shape index (κ1) is 17.3. The molecule has 3 atom stereocenters. The number of aryl methyl sites for hydroxylation is 1. The molecule has 20 heavy (non-hydrogen) atoms. The van der Waals surface area contributed by atoms with Gasteiger partial charge in [-0.3, -0.25) is 4.90 Å². The molecule has 3 heteroatoms. The molecular formula is C17H32N2O. The lowest BCUT2D eigenvalue weighted by Gasteiger charge is -2.38. The van der Waals surface area contributed by atoms with Crippen molar-refractivity contribution in [3.8, 4) is 0 Å². The van der Waals surface area contributed by atoms with E-state index in [2.05, 4.69) is 38.7 Å². The first-order valence-corrected chi connectivity index (χ1v) is 8.12. The van der Waals surface area contributed by atoms with E-state index >= 15 is 0 Å². The minimum absolute atomic E-state index is 0.117. The molecule has 0 saturated carbocycles. The number of hydrogen-bond acceptors (Lipinski definition) is 3. The second kappa shape index (κ2) is 8.48. The first-order chi connectivity index (χ1) is 9.54. The lowest BCUT2D eigenvalue weighted by molar-refractivity contribution is 0.0995. The van der Waals surface area contributed by atoms with Crippen molar-refractivity contribution < 1.29 is 4.42 Å². The van der Waals surface area contributed by atoms with Gasteiger partial charge in [0.15, 0.2) is 0 Å². The molecule has 3 nitrogen and oxygen atoms in total. The van der Waals surface area contributed by atoms with E-state index in [1.807, 2.05) is 13.0 Å². The monoisotopic (exact) mass is 280 g/mol. The number of nitrogens with zero attached hydrogens (tertiary/aromatic N) is 1. The maximum absolute atomic E-state index is 6.42. The molecule has 1 rings (SSSR count). The Hall–Kier alpha value is -0.800. The summed E-state index contributed by atoms with van der Waals surface area (Å²) in [6.45, 7) is 12.0. The summed E-state index contributed by atoms with van der Waals surface area (Å²) < 4.78 is 5.90. The Bertz CT molecular complexity index is 375. The molecule has 1 aromatic heterocycles. The SMILES string of the molecule is CCCCN(C(C)CC)C(c1ccc(C)o1)C(N)CC. The first-order valence-electron chi connectivity index (χ1n) is 8.12. The summed E-state index contributed by atoms with van der Waals surface area (Å²) in [4.78, 5) is 2.54. The van der Waals surface area contributed by atoms with E-state index in [-0.39, 0.29) is 12.1 Å². The summed E-state index contributed by atoms with van der Waals surface area (Å²) in [6.07, 6.45) is 4.51. The number of unbranched alkanes of at least 4 members (excludes halogenated alkanes) is 1. The second-order valence-electron chi connectivity index (χ2n) is 5.81. The molecule has 0 fully saturated rings. The molecule has 3 unspecified atom stereocenters. The van der Waals surface area contributed by atoms with Crippen molar-refractivity contribution in [3.05, 3.63) is 23.7 Å². The highest BCUT2D eigenvalue weighted by Crippen LogP contribution is 2.29. The normalized spacial score (nSPS) is 16.4. The number of nitrogens with two attached hydrogens (primary N) is 1. The highest BCUT2D eigenvalue weighted by molar-refractivity contribution is 5.12. The number of rotatable bonds is 9. The fourth-order valence-electron chi connectivity index (χ4n) is 2.66. The van der Waals surface area contributed by atoms with Gasteiger partial charge in [-0.1, -0.05) is 27.2 Å². The van der Waals surface area contributed by atoms with Crippen LogP contribution in [0.15, 0.2) is 16.5 Å².